The number of hydrogen-bond acceptors (Lipinski definition) is 7. The Labute approximate surface area is 229 Å². The Morgan fingerprint density at radius 2 is 1.85 bits per heavy atom. The summed E-state index contributed by atoms with van der Waals surface area (Å²) in [5.74, 6) is 0.857. The maximum atomic E-state index is 13.0. The van der Waals surface area contributed by atoms with E-state index < -0.39 is 10.0 Å². The summed E-state index contributed by atoms with van der Waals surface area (Å²) in [4.78, 5) is 23.8. The first-order valence-corrected chi connectivity index (χ1v) is 15.1. The number of amides is 1. The van der Waals surface area contributed by atoms with Crippen molar-refractivity contribution in [2.75, 3.05) is 17.8 Å². The average Bonchev–Trinajstić information content (AvgIpc) is 3.54. The lowest BCUT2D eigenvalue weighted by atomic mass is 9.87. The van der Waals surface area contributed by atoms with E-state index in [2.05, 4.69) is 19.8 Å². The highest BCUT2D eigenvalue weighted by atomic mass is 32.2. The van der Waals surface area contributed by atoms with Gasteiger partial charge in [0.05, 0.1) is 18.4 Å². The van der Waals surface area contributed by atoms with Gasteiger partial charge in [0.2, 0.25) is 17.7 Å². The van der Waals surface area contributed by atoms with Crippen LogP contribution >= 0.6 is 0 Å². The zero-order valence-electron chi connectivity index (χ0n) is 22.8. The molecule has 1 aromatic carbocycles. The van der Waals surface area contributed by atoms with Gasteiger partial charge in [0, 0.05) is 44.3 Å². The van der Waals surface area contributed by atoms with Crippen LogP contribution in [0.1, 0.15) is 56.1 Å². The summed E-state index contributed by atoms with van der Waals surface area (Å²) in [6.45, 7) is 5.10. The summed E-state index contributed by atoms with van der Waals surface area (Å²) in [5, 5.41) is 3.96. The maximum absolute atomic E-state index is 13.0. The van der Waals surface area contributed by atoms with Crippen molar-refractivity contribution in [3.8, 4) is 17.1 Å². The molecule has 208 valence electrons. The van der Waals surface area contributed by atoms with Gasteiger partial charge < -0.3 is 9.64 Å². The molecule has 1 saturated heterocycles. The second-order valence-electron chi connectivity index (χ2n) is 10.7. The van der Waals surface area contributed by atoms with Gasteiger partial charge in [-0.05, 0) is 43.7 Å². The highest BCUT2D eigenvalue weighted by Crippen LogP contribution is 2.31. The van der Waals surface area contributed by atoms with E-state index >= 15 is 0 Å². The van der Waals surface area contributed by atoms with Crippen LogP contribution in [0.2, 0.25) is 0 Å². The van der Waals surface area contributed by atoms with Crippen LogP contribution in [0, 0.1) is 19.8 Å². The summed E-state index contributed by atoms with van der Waals surface area (Å²) in [5.41, 5.74) is 3.45. The number of carbonyl (C=O) groups is 1. The predicted molar refractivity (Wildman–Crippen MR) is 148 cm³/mol. The van der Waals surface area contributed by atoms with Gasteiger partial charge in [-0.2, -0.15) is 10.1 Å². The Bertz CT molecular complexity index is 1430. The standard InChI is InChI=1S/C28H36N6O4S/c1-19-8-7-9-20(2)27(19)24-15-25(31-28(30-24)32-39(36,37)23-16-29-33(3)18-23)38-22-12-13-34(17-22)26(35)14-21-10-5-4-6-11-21/h7-9,15-16,18,21-22H,4-6,10-14,17H2,1-3H3,(H,30,31,32). The van der Waals surface area contributed by atoms with E-state index in [0.29, 0.717) is 37.5 Å². The number of nitrogens with zero attached hydrogens (tertiary/aromatic N) is 5. The molecular weight excluding hydrogens is 516 g/mol. The van der Waals surface area contributed by atoms with E-state index in [1.165, 1.54) is 36.3 Å². The minimum Gasteiger partial charge on any atom is -0.472 e. The van der Waals surface area contributed by atoms with Crippen LogP contribution < -0.4 is 9.46 Å². The van der Waals surface area contributed by atoms with E-state index in [-0.39, 0.29) is 28.7 Å². The van der Waals surface area contributed by atoms with Gasteiger partial charge in [-0.3, -0.25) is 9.48 Å². The van der Waals surface area contributed by atoms with Crippen LogP contribution in [0.4, 0.5) is 5.95 Å². The SMILES string of the molecule is Cc1cccc(C)c1-c1cc(OC2CCN(C(=O)CC3CCCCC3)C2)nc(NS(=O)(=O)c2cnn(C)c2)n1. The van der Waals surface area contributed by atoms with Crippen molar-refractivity contribution in [2.24, 2.45) is 13.0 Å². The number of carbonyl (C=O) groups excluding carboxylic acids is 1. The maximum Gasteiger partial charge on any atom is 0.267 e. The van der Waals surface area contributed by atoms with Crippen molar-refractivity contribution in [3.05, 3.63) is 47.8 Å². The summed E-state index contributed by atoms with van der Waals surface area (Å²) < 4.78 is 36.2. The Kier molecular flexibility index (Phi) is 7.88. The number of likely N-dealkylation sites (tertiary alicyclic amines) is 1. The molecule has 1 amide bonds. The summed E-state index contributed by atoms with van der Waals surface area (Å²) in [6.07, 6.45) is 9.72. The predicted octanol–water partition coefficient (Wildman–Crippen LogP) is 4.24. The second kappa shape index (κ2) is 11.3. The topological polar surface area (TPSA) is 119 Å². The van der Waals surface area contributed by atoms with Crippen LogP contribution in [-0.2, 0) is 21.9 Å². The molecule has 1 aliphatic heterocycles. The molecule has 39 heavy (non-hydrogen) atoms. The van der Waals surface area contributed by atoms with Crippen LogP contribution in [0.3, 0.4) is 0 Å². The summed E-state index contributed by atoms with van der Waals surface area (Å²) in [6, 6.07) is 7.68. The molecule has 1 atom stereocenters. The van der Waals surface area contributed by atoms with Crippen LogP contribution in [0.25, 0.3) is 11.3 Å². The number of aryl methyl sites for hydroxylation is 3. The Hall–Kier alpha value is -3.47. The molecule has 1 aliphatic carbocycles. The van der Waals surface area contributed by atoms with E-state index in [1.807, 2.05) is 36.9 Å². The number of ether oxygens (including phenoxy) is 1. The number of sulfonamides is 1. The fourth-order valence-electron chi connectivity index (χ4n) is 5.58. The first-order valence-electron chi connectivity index (χ1n) is 13.6. The number of hydrogen-bond donors (Lipinski definition) is 1. The molecule has 3 heterocycles. The molecule has 1 unspecified atom stereocenters. The molecule has 11 heteroatoms. The molecule has 0 radical (unpaired) electrons. The van der Waals surface area contributed by atoms with Crippen molar-refractivity contribution in [3.63, 3.8) is 0 Å². The molecule has 1 N–H and O–H groups in total. The number of aromatic nitrogens is 4. The fraction of sp³-hybridized carbons (Fsp3) is 0.500. The number of anilines is 1. The Morgan fingerprint density at radius 3 is 2.54 bits per heavy atom. The zero-order valence-corrected chi connectivity index (χ0v) is 23.6. The molecule has 2 aliphatic rings. The largest absolute Gasteiger partial charge is 0.472 e. The molecule has 10 nitrogen and oxygen atoms in total. The van der Waals surface area contributed by atoms with Gasteiger partial charge in [0.1, 0.15) is 11.0 Å². The molecule has 0 bridgehead atoms. The quantitative estimate of drug-likeness (QED) is 0.444. The highest BCUT2D eigenvalue weighted by molar-refractivity contribution is 7.92. The van der Waals surface area contributed by atoms with Gasteiger partial charge in [0.15, 0.2) is 0 Å². The number of rotatable bonds is 8. The molecular formula is C28H36N6O4S. The van der Waals surface area contributed by atoms with Gasteiger partial charge in [-0.25, -0.2) is 18.1 Å². The highest BCUT2D eigenvalue weighted by Gasteiger charge is 2.30. The molecule has 0 spiro atoms. The minimum atomic E-state index is -3.96. The van der Waals surface area contributed by atoms with E-state index in [1.54, 1.807) is 13.1 Å². The molecule has 1 saturated carbocycles. The van der Waals surface area contributed by atoms with Crippen molar-refractivity contribution >= 4 is 21.9 Å². The second-order valence-corrected chi connectivity index (χ2v) is 12.4. The van der Waals surface area contributed by atoms with Gasteiger partial charge in [-0.15, -0.1) is 0 Å². The smallest absolute Gasteiger partial charge is 0.267 e. The van der Waals surface area contributed by atoms with Crippen LogP contribution in [0.5, 0.6) is 5.88 Å². The third-order valence-electron chi connectivity index (χ3n) is 7.63. The van der Waals surface area contributed by atoms with Crippen molar-refractivity contribution < 1.29 is 17.9 Å². The number of benzene rings is 1. The average molecular weight is 553 g/mol. The normalized spacial score (nSPS) is 18.3. The molecule has 2 aromatic heterocycles. The van der Waals surface area contributed by atoms with Crippen molar-refractivity contribution in [2.45, 2.75) is 69.8 Å². The van der Waals surface area contributed by atoms with E-state index in [9.17, 15) is 13.2 Å². The van der Waals surface area contributed by atoms with Crippen LogP contribution in [0.15, 0.2) is 41.6 Å². The lowest BCUT2D eigenvalue weighted by molar-refractivity contribution is -0.131. The van der Waals surface area contributed by atoms with Gasteiger partial charge >= 0.3 is 0 Å². The minimum absolute atomic E-state index is 0.0106. The van der Waals surface area contributed by atoms with Gasteiger partial charge in [-0.1, -0.05) is 37.5 Å². The van der Waals surface area contributed by atoms with Crippen molar-refractivity contribution in [1.29, 1.82) is 0 Å². The lowest BCUT2D eigenvalue weighted by Gasteiger charge is -2.24. The third kappa shape index (κ3) is 6.41. The molecule has 5 rings (SSSR count). The van der Waals surface area contributed by atoms with Crippen LogP contribution in [-0.4, -0.2) is 58.2 Å². The zero-order chi connectivity index (χ0) is 27.6. The van der Waals surface area contributed by atoms with Crippen molar-refractivity contribution in [1.82, 2.24) is 24.6 Å². The monoisotopic (exact) mass is 552 g/mol. The number of nitrogens with one attached hydrogen (secondary N) is 1. The first-order chi connectivity index (χ1) is 18.7. The first kappa shape index (κ1) is 27.1. The van der Waals surface area contributed by atoms with E-state index in [4.69, 9.17) is 4.74 Å². The van der Waals surface area contributed by atoms with Gasteiger partial charge in [0.25, 0.3) is 10.0 Å². The third-order valence-corrected chi connectivity index (χ3v) is 8.91. The molecule has 2 fully saturated rings. The Morgan fingerprint density at radius 1 is 1.10 bits per heavy atom. The molecule has 3 aromatic rings. The Balaban J connectivity index is 1.37. The fourth-order valence-corrected chi connectivity index (χ4v) is 6.51. The van der Waals surface area contributed by atoms with E-state index in [0.717, 1.165) is 29.5 Å². The lowest BCUT2D eigenvalue weighted by Crippen LogP contribution is -2.32. The summed E-state index contributed by atoms with van der Waals surface area (Å²) in [7, 11) is -2.31. The summed E-state index contributed by atoms with van der Waals surface area (Å²) >= 11 is 0.